The molecule has 0 spiro atoms. The van der Waals surface area contributed by atoms with Gasteiger partial charge < -0.3 is 9.84 Å². The van der Waals surface area contributed by atoms with Crippen molar-refractivity contribution in [2.24, 2.45) is 5.92 Å². The molecule has 1 aromatic carbocycles. The van der Waals surface area contributed by atoms with Crippen LogP contribution in [0, 0.1) is 5.92 Å². The maximum Gasteiger partial charge on any atom is 0.126 e. The van der Waals surface area contributed by atoms with E-state index in [9.17, 15) is 5.11 Å². The summed E-state index contributed by atoms with van der Waals surface area (Å²) in [6, 6.07) is 5.71. The fourth-order valence-electron chi connectivity index (χ4n) is 1.38. The van der Waals surface area contributed by atoms with Gasteiger partial charge in [0, 0.05) is 10.0 Å². The highest BCUT2D eigenvalue weighted by atomic mass is 79.9. The topological polar surface area (TPSA) is 29.5 Å². The number of hydrogen-bond donors (Lipinski definition) is 1. The predicted octanol–water partition coefficient (Wildman–Crippen LogP) is 3.93. The van der Waals surface area contributed by atoms with Crippen molar-refractivity contribution in [1.82, 2.24) is 0 Å². The molecule has 90 valence electrons. The lowest BCUT2D eigenvalue weighted by Crippen LogP contribution is -2.04. The van der Waals surface area contributed by atoms with Gasteiger partial charge in [0.1, 0.15) is 5.75 Å². The van der Waals surface area contributed by atoms with Gasteiger partial charge in [0.25, 0.3) is 0 Å². The van der Waals surface area contributed by atoms with Crippen LogP contribution in [0.4, 0.5) is 0 Å². The predicted molar refractivity (Wildman–Crippen MR) is 69.7 cm³/mol. The number of ether oxygens (including phenoxy) is 1. The smallest absolute Gasteiger partial charge is 0.126 e. The lowest BCUT2D eigenvalue weighted by Gasteiger charge is -2.14. The minimum atomic E-state index is -0.498. The summed E-state index contributed by atoms with van der Waals surface area (Å²) < 4.78 is 6.67. The van der Waals surface area contributed by atoms with Crippen LogP contribution in [0.15, 0.2) is 22.7 Å². The summed E-state index contributed by atoms with van der Waals surface area (Å²) in [5.41, 5.74) is 0.840. The Morgan fingerprint density at radius 2 is 2.00 bits per heavy atom. The summed E-state index contributed by atoms with van der Waals surface area (Å²) in [6.45, 7) is 6.77. The molecule has 2 nitrogen and oxygen atoms in total. The van der Waals surface area contributed by atoms with E-state index in [2.05, 4.69) is 29.8 Å². The standard InChI is InChI=1S/C13H19BrO2/c1-9(2)6-7-16-13-8-11(14)4-5-12(13)10(3)15/h4-5,8-10,15H,6-7H2,1-3H3/t10-/m0/s1. The van der Waals surface area contributed by atoms with E-state index >= 15 is 0 Å². The van der Waals surface area contributed by atoms with Crippen molar-refractivity contribution in [3.63, 3.8) is 0 Å². The van der Waals surface area contributed by atoms with Crippen molar-refractivity contribution in [3.8, 4) is 5.75 Å². The molecule has 3 heteroatoms. The van der Waals surface area contributed by atoms with Gasteiger partial charge in [-0.3, -0.25) is 0 Å². The third-order valence-corrected chi connectivity index (χ3v) is 2.87. The molecule has 0 amide bonds. The normalized spacial score (nSPS) is 12.9. The summed E-state index contributed by atoms with van der Waals surface area (Å²) in [5, 5.41) is 9.61. The van der Waals surface area contributed by atoms with Crippen molar-refractivity contribution < 1.29 is 9.84 Å². The van der Waals surface area contributed by atoms with Gasteiger partial charge in [-0.05, 0) is 31.4 Å². The van der Waals surface area contributed by atoms with Crippen molar-refractivity contribution in [2.45, 2.75) is 33.3 Å². The maximum atomic E-state index is 9.61. The van der Waals surface area contributed by atoms with Gasteiger partial charge in [-0.1, -0.05) is 35.8 Å². The molecule has 1 atom stereocenters. The van der Waals surface area contributed by atoms with Crippen LogP contribution in [-0.2, 0) is 0 Å². The molecule has 1 rings (SSSR count). The fraction of sp³-hybridized carbons (Fsp3) is 0.538. The molecule has 0 saturated heterocycles. The molecule has 0 radical (unpaired) electrons. The van der Waals surface area contributed by atoms with Crippen LogP contribution >= 0.6 is 15.9 Å². The van der Waals surface area contributed by atoms with Gasteiger partial charge in [0.15, 0.2) is 0 Å². The Balaban J connectivity index is 2.72. The van der Waals surface area contributed by atoms with Crippen LogP contribution in [0.1, 0.15) is 38.9 Å². The maximum absolute atomic E-state index is 9.61. The molecule has 0 saturated carbocycles. The van der Waals surface area contributed by atoms with Crippen molar-refractivity contribution in [2.75, 3.05) is 6.61 Å². The number of aliphatic hydroxyl groups excluding tert-OH is 1. The van der Waals surface area contributed by atoms with Crippen LogP contribution in [-0.4, -0.2) is 11.7 Å². The summed E-state index contributed by atoms with van der Waals surface area (Å²) in [4.78, 5) is 0. The quantitative estimate of drug-likeness (QED) is 0.889. The van der Waals surface area contributed by atoms with Crippen molar-refractivity contribution in [1.29, 1.82) is 0 Å². The second kappa shape index (κ2) is 6.26. The average Bonchev–Trinajstić information content (AvgIpc) is 2.16. The van der Waals surface area contributed by atoms with Crippen LogP contribution in [0.5, 0.6) is 5.75 Å². The Morgan fingerprint density at radius 1 is 1.31 bits per heavy atom. The number of rotatable bonds is 5. The Bertz CT molecular complexity index is 335. The van der Waals surface area contributed by atoms with E-state index in [1.807, 2.05) is 18.2 Å². The highest BCUT2D eigenvalue weighted by Crippen LogP contribution is 2.28. The van der Waals surface area contributed by atoms with E-state index in [-0.39, 0.29) is 0 Å². The number of aliphatic hydroxyl groups is 1. The first kappa shape index (κ1) is 13.5. The van der Waals surface area contributed by atoms with Crippen molar-refractivity contribution >= 4 is 15.9 Å². The highest BCUT2D eigenvalue weighted by molar-refractivity contribution is 9.10. The molecular formula is C13H19BrO2. The van der Waals surface area contributed by atoms with Gasteiger partial charge in [0.2, 0.25) is 0 Å². The summed E-state index contributed by atoms with van der Waals surface area (Å²) in [7, 11) is 0. The Labute approximate surface area is 106 Å². The summed E-state index contributed by atoms with van der Waals surface area (Å²) in [6.07, 6.45) is 0.522. The minimum absolute atomic E-state index is 0.498. The van der Waals surface area contributed by atoms with Gasteiger partial charge in [-0.25, -0.2) is 0 Å². The van der Waals surface area contributed by atoms with Gasteiger partial charge in [0.05, 0.1) is 12.7 Å². The van der Waals surface area contributed by atoms with Gasteiger partial charge in [-0.15, -0.1) is 0 Å². The zero-order chi connectivity index (χ0) is 12.1. The zero-order valence-electron chi connectivity index (χ0n) is 10.0. The Kier molecular flexibility index (Phi) is 5.29. The monoisotopic (exact) mass is 286 g/mol. The largest absolute Gasteiger partial charge is 0.493 e. The Morgan fingerprint density at radius 3 is 2.56 bits per heavy atom. The van der Waals surface area contributed by atoms with Crippen LogP contribution in [0.25, 0.3) is 0 Å². The molecule has 0 bridgehead atoms. The zero-order valence-corrected chi connectivity index (χ0v) is 11.6. The average molecular weight is 287 g/mol. The molecule has 1 aromatic rings. The third-order valence-electron chi connectivity index (χ3n) is 2.38. The number of benzene rings is 1. The Hall–Kier alpha value is -0.540. The van der Waals surface area contributed by atoms with Crippen LogP contribution < -0.4 is 4.74 Å². The molecule has 0 aliphatic carbocycles. The van der Waals surface area contributed by atoms with E-state index in [1.54, 1.807) is 6.92 Å². The molecule has 0 unspecified atom stereocenters. The van der Waals surface area contributed by atoms with E-state index in [1.165, 1.54) is 0 Å². The molecule has 0 fully saturated rings. The number of hydrogen-bond acceptors (Lipinski definition) is 2. The SMILES string of the molecule is CC(C)CCOc1cc(Br)ccc1[C@H](C)O. The van der Waals surface area contributed by atoms with Crippen molar-refractivity contribution in [3.05, 3.63) is 28.2 Å². The molecular weight excluding hydrogens is 268 g/mol. The second-order valence-electron chi connectivity index (χ2n) is 4.39. The van der Waals surface area contributed by atoms with E-state index < -0.39 is 6.10 Å². The van der Waals surface area contributed by atoms with E-state index in [0.29, 0.717) is 12.5 Å². The lowest BCUT2D eigenvalue weighted by atomic mass is 10.1. The molecule has 0 aliphatic rings. The number of halogens is 1. The first-order chi connectivity index (χ1) is 7.50. The lowest BCUT2D eigenvalue weighted by molar-refractivity contribution is 0.190. The summed E-state index contributed by atoms with van der Waals surface area (Å²) >= 11 is 3.40. The molecule has 0 aromatic heterocycles. The molecule has 0 heterocycles. The summed E-state index contributed by atoms with van der Waals surface area (Å²) in [5.74, 6) is 1.40. The van der Waals surface area contributed by atoms with Crippen LogP contribution in [0.2, 0.25) is 0 Å². The van der Waals surface area contributed by atoms with E-state index in [4.69, 9.17) is 4.74 Å². The molecule has 1 N–H and O–H groups in total. The third kappa shape index (κ3) is 4.14. The minimum Gasteiger partial charge on any atom is -0.493 e. The van der Waals surface area contributed by atoms with Gasteiger partial charge in [-0.2, -0.15) is 0 Å². The van der Waals surface area contributed by atoms with E-state index in [0.717, 1.165) is 22.2 Å². The molecule has 0 aliphatic heterocycles. The second-order valence-corrected chi connectivity index (χ2v) is 5.30. The van der Waals surface area contributed by atoms with Crippen LogP contribution in [0.3, 0.4) is 0 Å². The highest BCUT2D eigenvalue weighted by Gasteiger charge is 2.09. The first-order valence-corrected chi connectivity index (χ1v) is 6.40. The molecule has 16 heavy (non-hydrogen) atoms. The first-order valence-electron chi connectivity index (χ1n) is 5.61. The fourth-order valence-corrected chi connectivity index (χ4v) is 1.72. The van der Waals surface area contributed by atoms with Gasteiger partial charge >= 0.3 is 0 Å².